The molecule has 136 valence electrons. The lowest BCUT2D eigenvalue weighted by molar-refractivity contribution is -0.174. The van der Waals surface area contributed by atoms with Crippen LogP contribution in [-0.4, -0.2) is 38.4 Å². The van der Waals surface area contributed by atoms with E-state index in [1.165, 1.54) is 12.8 Å². The molecule has 0 aromatic heterocycles. The normalized spacial score (nSPS) is 11.3. The quantitative estimate of drug-likeness (QED) is 0.275. The molecular weight excluding hydrogens is 296 g/mol. The van der Waals surface area contributed by atoms with Gasteiger partial charge in [-0.15, -0.1) is 0 Å². The summed E-state index contributed by atoms with van der Waals surface area (Å²) in [4.78, 5) is 24.7. The molecule has 5 heteroatoms. The van der Waals surface area contributed by atoms with E-state index in [0.717, 1.165) is 19.3 Å². The molecule has 0 aromatic carbocycles. The molecule has 0 rings (SSSR count). The Hall–Kier alpha value is -1.10. The number of unbranched alkanes of at least 4 members (excludes halogenated alkanes) is 4. The van der Waals surface area contributed by atoms with E-state index in [4.69, 9.17) is 14.2 Å². The minimum Gasteiger partial charge on any atom is -0.465 e. The van der Waals surface area contributed by atoms with Crippen molar-refractivity contribution in [2.75, 3.05) is 26.4 Å². The number of carbonyl (C=O) groups excluding carboxylic acids is 2. The SMILES string of the molecule is CCCCCCCOC(=O)C(CC)(CC)C(=O)OCCOCC. The summed E-state index contributed by atoms with van der Waals surface area (Å²) in [5, 5.41) is 0. The van der Waals surface area contributed by atoms with Gasteiger partial charge in [0, 0.05) is 6.61 Å². The van der Waals surface area contributed by atoms with Crippen LogP contribution in [0, 0.1) is 5.41 Å². The van der Waals surface area contributed by atoms with Crippen LogP contribution in [0.5, 0.6) is 0 Å². The first-order chi connectivity index (χ1) is 11.1. The van der Waals surface area contributed by atoms with Gasteiger partial charge in [-0.2, -0.15) is 0 Å². The lowest BCUT2D eigenvalue weighted by Gasteiger charge is -2.26. The molecular formula is C18H34O5. The highest BCUT2D eigenvalue weighted by molar-refractivity contribution is 5.99. The van der Waals surface area contributed by atoms with Crippen LogP contribution in [0.15, 0.2) is 0 Å². The number of rotatable bonds is 14. The van der Waals surface area contributed by atoms with E-state index >= 15 is 0 Å². The Bertz CT molecular complexity index is 323. The predicted octanol–water partition coefficient (Wildman–Crippen LogP) is 3.89. The summed E-state index contributed by atoms with van der Waals surface area (Å²) in [6, 6.07) is 0. The van der Waals surface area contributed by atoms with E-state index in [1.807, 2.05) is 20.8 Å². The fourth-order valence-corrected chi connectivity index (χ4v) is 2.40. The molecule has 0 aliphatic carbocycles. The fraction of sp³-hybridized carbons (Fsp3) is 0.889. The van der Waals surface area contributed by atoms with E-state index in [1.54, 1.807) is 0 Å². The first-order valence-electron chi connectivity index (χ1n) is 9.01. The Labute approximate surface area is 141 Å². The molecule has 5 nitrogen and oxygen atoms in total. The standard InChI is InChI=1S/C18H34O5/c1-5-9-10-11-12-13-22-16(19)18(6-2,7-3)17(20)23-15-14-21-8-4/h5-15H2,1-4H3. The van der Waals surface area contributed by atoms with Crippen molar-refractivity contribution in [3.63, 3.8) is 0 Å². The Kier molecular flexibility index (Phi) is 12.7. The molecule has 0 aliphatic heterocycles. The summed E-state index contributed by atoms with van der Waals surface area (Å²) in [6.45, 7) is 9.12. The van der Waals surface area contributed by atoms with Crippen LogP contribution >= 0.6 is 0 Å². The minimum atomic E-state index is -1.18. The van der Waals surface area contributed by atoms with Gasteiger partial charge in [0.05, 0.1) is 13.2 Å². The smallest absolute Gasteiger partial charge is 0.323 e. The summed E-state index contributed by atoms with van der Waals surface area (Å²) in [5.74, 6) is -0.961. The molecule has 0 aromatic rings. The van der Waals surface area contributed by atoms with E-state index < -0.39 is 17.4 Å². The average molecular weight is 330 g/mol. The van der Waals surface area contributed by atoms with Crippen LogP contribution in [0.3, 0.4) is 0 Å². The zero-order valence-electron chi connectivity index (χ0n) is 15.3. The number of hydrogen-bond acceptors (Lipinski definition) is 5. The molecule has 0 saturated carbocycles. The van der Waals surface area contributed by atoms with E-state index in [0.29, 0.717) is 32.7 Å². The van der Waals surface area contributed by atoms with Crippen molar-refractivity contribution in [1.29, 1.82) is 0 Å². The van der Waals surface area contributed by atoms with Gasteiger partial charge in [0.2, 0.25) is 0 Å². The monoisotopic (exact) mass is 330 g/mol. The molecule has 23 heavy (non-hydrogen) atoms. The van der Waals surface area contributed by atoms with Crippen molar-refractivity contribution in [2.24, 2.45) is 5.41 Å². The number of esters is 2. The predicted molar refractivity (Wildman–Crippen MR) is 90.2 cm³/mol. The van der Waals surface area contributed by atoms with Gasteiger partial charge in [-0.25, -0.2) is 0 Å². The second-order valence-electron chi connectivity index (χ2n) is 5.67. The van der Waals surface area contributed by atoms with Crippen molar-refractivity contribution in [1.82, 2.24) is 0 Å². The van der Waals surface area contributed by atoms with E-state index in [2.05, 4.69) is 6.92 Å². The first kappa shape index (κ1) is 21.9. The Morgan fingerprint density at radius 1 is 0.739 bits per heavy atom. The third-order valence-corrected chi connectivity index (χ3v) is 4.13. The molecule has 0 aliphatic rings. The third-order valence-electron chi connectivity index (χ3n) is 4.13. The average Bonchev–Trinajstić information content (AvgIpc) is 2.56. The molecule has 0 fully saturated rings. The van der Waals surface area contributed by atoms with Crippen molar-refractivity contribution in [3.8, 4) is 0 Å². The second kappa shape index (κ2) is 13.3. The maximum atomic E-state index is 12.4. The van der Waals surface area contributed by atoms with Crippen molar-refractivity contribution in [2.45, 2.75) is 72.6 Å². The summed E-state index contributed by atoms with van der Waals surface area (Å²) >= 11 is 0. The highest BCUT2D eigenvalue weighted by Gasteiger charge is 2.45. The van der Waals surface area contributed by atoms with Crippen LogP contribution in [0.1, 0.15) is 72.6 Å². The van der Waals surface area contributed by atoms with Crippen LogP contribution in [0.4, 0.5) is 0 Å². The highest BCUT2D eigenvalue weighted by atomic mass is 16.6. The Balaban J connectivity index is 4.37. The van der Waals surface area contributed by atoms with E-state index in [-0.39, 0.29) is 6.61 Å². The molecule has 0 radical (unpaired) electrons. The van der Waals surface area contributed by atoms with Crippen LogP contribution < -0.4 is 0 Å². The van der Waals surface area contributed by atoms with Crippen molar-refractivity contribution < 1.29 is 23.8 Å². The van der Waals surface area contributed by atoms with Gasteiger partial charge in [0.25, 0.3) is 0 Å². The summed E-state index contributed by atoms with van der Waals surface area (Å²) in [6.07, 6.45) is 6.19. The van der Waals surface area contributed by atoms with Crippen molar-refractivity contribution >= 4 is 11.9 Å². The van der Waals surface area contributed by atoms with Gasteiger partial charge >= 0.3 is 11.9 Å². The third kappa shape index (κ3) is 7.82. The van der Waals surface area contributed by atoms with Crippen LogP contribution in [0.2, 0.25) is 0 Å². The molecule has 0 heterocycles. The van der Waals surface area contributed by atoms with Gasteiger partial charge in [-0.05, 0) is 26.2 Å². The van der Waals surface area contributed by atoms with Crippen molar-refractivity contribution in [3.05, 3.63) is 0 Å². The van der Waals surface area contributed by atoms with Gasteiger partial charge < -0.3 is 14.2 Å². The van der Waals surface area contributed by atoms with Crippen LogP contribution in [-0.2, 0) is 23.8 Å². The topological polar surface area (TPSA) is 61.8 Å². The maximum Gasteiger partial charge on any atom is 0.323 e. The second-order valence-corrected chi connectivity index (χ2v) is 5.67. The lowest BCUT2D eigenvalue weighted by Crippen LogP contribution is -2.41. The molecule has 0 unspecified atom stereocenters. The number of carbonyl (C=O) groups is 2. The molecule has 0 amide bonds. The lowest BCUT2D eigenvalue weighted by atomic mass is 9.82. The Morgan fingerprint density at radius 3 is 1.83 bits per heavy atom. The molecule has 0 bridgehead atoms. The molecule has 0 spiro atoms. The van der Waals surface area contributed by atoms with Crippen LogP contribution in [0.25, 0.3) is 0 Å². The largest absolute Gasteiger partial charge is 0.465 e. The fourth-order valence-electron chi connectivity index (χ4n) is 2.40. The molecule has 0 atom stereocenters. The van der Waals surface area contributed by atoms with Gasteiger partial charge in [0.1, 0.15) is 6.61 Å². The molecule has 0 N–H and O–H groups in total. The van der Waals surface area contributed by atoms with Gasteiger partial charge in [-0.1, -0.05) is 46.5 Å². The first-order valence-corrected chi connectivity index (χ1v) is 9.01. The maximum absolute atomic E-state index is 12.4. The van der Waals surface area contributed by atoms with Gasteiger partial charge in [0.15, 0.2) is 5.41 Å². The Morgan fingerprint density at radius 2 is 1.30 bits per heavy atom. The zero-order valence-corrected chi connectivity index (χ0v) is 15.3. The summed E-state index contributed by atoms with van der Waals surface area (Å²) in [7, 11) is 0. The van der Waals surface area contributed by atoms with E-state index in [9.17, 15) is 9.59 Å². The highest BCUT2D eigenvalue weighted by Crippen LogP contribution is 2.30. The van der Waals surface area contributed by atoms with Gasteiger partial charge in [-0.3, -0.25) is 9.59 Å². The number of hydrogen-bond donors (Lipinski definition) is 0. The minimum absolute atomic E-state index is 0.165. The molecule has 0 saturated heterocycles. The number of ether oxygens (including phenoxy) is 3. The zero-order chi connectivity index (χ0) is 17.6. The summed E-state index contributed by atoms with van der Waals surface area (Å²) < 4.78 is 15.7. The summed E-state index contributed by atoms with van der Waals surface area (Å²) in [5.41, 5.74) is -1.18.